The molecule has 0 aromatic carbocycles. The van der Waals surface area contributed by atoms with Crippen LogP contribution < -0.4 is 0 Å². The number of allylic oxidation sites excluding steroid dienone is 4. The summed E-state index contributed by atoms with van der Waals surface area (Å²) in [6.07, 6.45) is 8.13. The first-order chi connectivity index (χ1) is 3.80. The van der Waals surface area contributed by atoms with Crippen molar-refractivity contribution in [2.24, 2.45) is 5.92 Å². The molecule has 0 saturated carbocycles. The molecule has 0 bridgehead atoms. The van der Waals surface area contributed by atoms with Crippen LogP contribution in [-0.2, 0) is 0 Å². The Hall–Kier alpha value is -0.230. The van der Waals surface area contributed by atoms with E-state index in [0.717, 1.165) is 0 Å². The highest BCUT2D eigenvalue weighted by Crippen LogP contribution is 2.16. The number of hydrogen-bond donors (Lipinski definition) is 0. The van der Waals surface area contributed by atoms with Crippen molar-refractivity contribution in [1.82, 2.24) is 0 Å². The molecule has 0 N–H and O–H groups in total. The smallest absolute Gasteiger partial charge is 0.0579 e. The van der Waals surface area contributed by atoms with E-state index in [9.17, 15) is 0 Å². The lowest BCUT2D eigenvalue weighted by Crippen LogP contribution is -2.06. The Morgan fingerprint density at radius 2 is 1.88 bits per heavy atom. The minimum Gasteiger partial charge on any atom is -0.118 e. The Morgan fingerprint density at radius 1 is 1.25 bits per heavy atom. The zero-order valence-electron chi connectivity index (χ0n) is 4.84. The summed E-state index contributed by atoms with van der Waals surface area (Å²) in [7, 11) is 0. The number of alkyl halides is 1. The fraction of sp³-hybridized carbons (Fsp3) is 0.429. The van der Waals surface area contributed by atoms with Gasteiger partial charge in [0.05, 0.1) is 5.38 Å². The predicted molar refractivity (Wildman–Crippen MR) is 37.1 cm³/mol. The van der Waals surface area contributed by atoms with Crippen LogP contribution in [0.2, 0.25) is 0 Å². The number of rotatable bonds is 0. The molecule has 44 valence electrons. The molecule has 1 unspecified atom stereocenters. The molecule has 0 spiro atoms. The van der Waals surface area contributed by atoms with Gasteiger partial charge in [-0.2, -0.15) is 0 Å². The molecule has 0 amide bonds. The molecule has 1 aliphatic carbocycles. The zero-order valence-corrected chi connectivity index (χ0v) is 5.60. The molecule has 0 heterocycles. The van der Waals surface area contributed by atoms with Crippen LogP contribution in [0, 0.1) is 5.92 Å². The first kappa shape index (κ1) is 5.90. The van der Waals surface area contributed by atoms with Gasteiger partial charge in [0.1, 0.15) is 0 Å². The third-order valence-corrected chi connectivity index (χ3v) is 1.87. The first-order valence-corrected chi connectivity index (χ1v) is 3.23. The maximum absolute atomic E-state index is 5.83. The van der Waals surface area contributed by atoms with Crippen molar-refractivity contribution in [3.63, 3.8) is 0 Å². The average molecular weight is 129 g/mol. The fourth-order valence-electron chi connectivity index (χ4n) is 0.691. The summed E-state index contributed by atoms with van der Waals surface area (Å²) in [5.74, 6) is 0.502. The average Bonchev–Trinajstić information content (AvgIpc) is 1.77. The molecule has 0 fully saturated rings. The summed E-state index contributed by atoms with van der Waals surface area (Å²) in [6, 6.07) is 0. The molecular weight excluding hydrogens is 120 g/mol. The third kappa shape index (κ3) is 1.13. The second-order valence-electron chi connectivity index (χ2n) is 2.07. The second-order valence-corrected chi connectivity index (χ2v) is 2.58. The Kier molecular flexibility index (Phi) is 1.74. The zero-order chi connectivity index (χ0) is 5.98. The van der Waals surface area contributed by atoms with Crippen molar-refractivity contribution in [1.29, 1.82) is 0 Å². The van der Waals surface area contributed by atoms with Gasteiger partial charge in [-0.15, -0.1) is 11.6 Å². The van der Waals surface area contributed by atoms with Crippen LogP contribution in [0.15, 0.2) is 24.3 Å². The van der Waals surface area contributed by atoms with Crippen LogP contribution in [0.1, 0.15) is 6.92 Å². The van der Waals surface area contributed by atoms with Gasteiger partial charge < -0.3 is 0 Å². The van der Waals surface area contributed by atoms with Gasteiger partial charge in [-0.1, -0.05) is 31.2 Å². The van der Waals surface area contributed by atoms with E-state index in [4.69, 9.17) is 11.6 Å². The molecule has 1 rings (SSSR count). The lowest BCUT2D eigenvalue weighted by atomic mass is 10.0. The van der Waals surface area contributed by atoms with E-state index in [1.165, 1.54) is 0 Å². The maximum atomic E-state index is 5.83. The van der Waals surface area contributed by atoms with E-state index in [-0.39, 0.29) is 5.38 Å². The first-order valence-electron chi connectivity index (χ1n) is 2.80. The minimum atomic E-state index is 0.208. The van der Waals surface area contributed by atoms with E-state index < -0.39 is 0 Å². The van der Waals surface area contributed by atoms with Gasteiger partial charge in [-0.05, 0) is 5.92 Å². The van der Waals surface area contributed by atoms with E-state index in [2.05, 4.69) is 13.0 Å². The van der Waals surface area contributed by atoms with Crippen molar-refractivity contribution in [3.05, 3.63) is 24.3 Å². The molecular formula is C7H9Cl. The van der Waals surface area contributed by atoms with Gasteiger partial charge >= 0.3 is 0 Å². The van der Waals surface area contributed by atoms with Crippen LogP contribution in [0.4, 0.5) is 0 Å². The second kappa shape index (κ2) is 2.36. The summed E-state index contributed by atoms with van der Waals surface area (Å²) < 4.78 is 0. The maximum Gasteiger partial charge on any atom is 0.0579 e. The van der Waals surface area contributed by atoms with Gasteiger partial charge in [0, 0.05) is 0 Å². The Balaban J connectivity index is 2.59. The van der Waals surface area contributed by atoms with Crippen LogP contribution in [0.25, 0.3) is 0 Å². The van der Waals surface area contributed by atoms with E-state index in [0.29, 0.717) is 5.92 Å². The molecule has 0 aromatic rings. The molecule has 1 heteroatoms. The Bertz CT molecular complexity index is 108. The molecule has 1 aliphatic rings. The van der Waals surface area contributed by atoms with Crippen LogP contribution >= 0.6 is 11.6 Å². The highest BCUT2D eigenvalue weighted by molar-refractivity contribution is 6.22. The Labute approximate surface area is 54.8 Å². The summed E-state index contributed by atoms with van der Waals surface area (Å²) in [6.45, 7) is 2.11. The highest BCUT2D eigenvalue weighted by atomic mass is 35.5. The molecule has 0 saturated heterocycles. The van der Waals surface area contributed by atoms with Crippen LogP contribution in [-0.4, -0.2) is 5.38 Å². The standard InChI is InChI=1S/C7H9Cl/c1-6-4-2-3-5-7(6)8/h2-7H,1H3/t6-,7?/m0/s1. The summed E-state index contributed by atoms with van der Waals surface area (Å²) >= 11 is 5.83. The predicted octanol–water partition coefficient (Wildman–Crippen LogP) is 2.36. The van der Waals surface area contributed by atoms with Gasteiger partial charge in [-0.25, -0.2) is 0 Å². The van der Waals surface area contributed by atoms with Crippen molar-refractivity contribution >= 4 is 11.6 Å². The number of halogens is 1. The lowest BCUT2D eigenvalue weighted by molar-refractivity contribution is 0.745. The summed E-state index contributed by atoms with van der Waals surface area (Å²) in [5.41, 5.74) is 0. The van der Waals surface area contributed by atoms with E-state index in [1.807, 2.05) is 18.2 Å². The Morgan fingerprint density at radius 3 is 2.25 bits per heavy atom. The van der Waals surface area contributed by atoms with Gasteiger partial charge in [-0.3, -0.25) is 0 Å². The fourth-order valence-corrected chi connectivity index (χ4v) is 0.859. The van der Waals surface area contributed by atoms with Gasteiger partial charge in [0.2, 0.25) is 0 Å². The van der Waals surface area contributed by atoms with Crippen molar-refractivity contribution < 1.29 is 0 Å². The minimum absolute atomic E-state index is 0.208. The van der Waals surface area contributed by atoms with Gasteiger partial charge in [0.15, 0.2) is 0 Å². The monoisotopic (exact) mass is 128 g/mol. The van der Waals surface area contributed by atoms with Crippen LogP contribution in [0.5, 0.6) is 0 Å². The quantitative estimate of drug-likeness (QED) is 0.440. The van der Waals surface area contributed by atoms with Crippen molar-refractivity contribution in [2.45, 2.75) is 12.3 Å². The normalized spacial score (nSPS) is 35.8. The van der Waals surface area contributed by atoms with Gasteiger partial charge in [0.25, 0.3) is 0 Å². The topological polar surface area (TPSA) is 0 Å². The van der Waals surface area contributed by atoms with Crippen molar-refractivity contribution in [3.8, 4) is 0 Å². The summed E-state index contributed by atoms with van der Waals surface area (Å²) in [4.78, 5) is 0. The van der Waals surface area contributed by atoms with E-state index >= 15 is 0 Å². The molecule has 8 heavy (non-hydrogen) atoms. The SMILES string of the molecule is C[C@H]1C=CC=CC1Cl. The molecule has 0 nitrogen and oxygen atoms in total. The molecule has 0 aromatic heterocycles. The molecule has 0 radical (unpaired) electrons. The summed E-state index contributed by atoms with van der Waals surface area (Å²) in [5, 5.41) is 0.208. The molecule has 0 aliphatic heterocycles. The van der Waals surface area contributed by atoms with Crippen molar-refractivity contribution in [2.75, 3.05) is 0 Å². The van der Waals surface area contributed by atoms with Crippen LogP contribution in [0.3, 0.4) is 0 Å². The third-order valence-electron chi connectivity index (χ3n) is 1.32. The highest BCUT2D eigenvalue weighted by Gasteiger charge is 2.08. The largest absolute Gasteiger partial charge is 0.118 e. The molecule has 2 atom stereocenters. The number of hydrogen-bond acceptors (Lipinski definition) is 0. The van der Waals surface area contributed by atoms with E-state index in [1.54, 1.807) is 0 Å². The lowest BCUT2D eigenvalue weighted by Gasteiger charge is -2.11.